The van der Waals surface area contributed by atoms with Crippen molar-refractivity contribution in [1.29, 1.82) is 0 Å². The minimum Gasteiger partial charge on any atom is -0.273 e. The number of aryl methyl sites for hydroxylation is 4. The number of thiophene rings is 1. The van der Waals surface area contributed by atoms with Gasteiger partial charge in [0.1, 0.15) is 16.9 Å². The average Bonchev–Trinajstić information content (AvgIpc) is 3.49. The molecular formula is C27H26N4S. The van der Waals surface area contributed by atoms with Gasteiger partial charge in [-0.1, -0.05) is 54.6 Å². The van der Waals surface area contributed by atoms with Crippen LogP contribution in [0.1, 0.15) is 63.7 Å². The fourth-order valence-electron chi connectivity index (χ4n) is 4.99. The lowest BCUT2D eigenvalue weighted by molar-refractivity contribution is 0.724. The van der Waals surface area contributed by atoms with E-state index in [4.69, 9.17) is 4.99 Å². The molecule has 1 aliphatic heterocycles. The van der Waals surface area contributed by atoms with Crippen molar-refractivity contribution in [2.45, 2.75) is 52.0 Å². The molecule has 1 unspecified atom stereocenters. The molecule has 6 rings (SSSR count). The molecule has 1 aliphatic carbocycles. The Morgan fingerprint density at radius 2 is 1.69 bits per heavy atom. The highest BCUT2D eigenvalue weighted by molar-refractivity contribution is 7.15. The van der Waals surface area contributed by atoms with Crippen LogP contribution in [0.4, 0.5) is 0 Å². The summed E-state index contributed by atoms with van der Waals surface area (Å²) in [6.07, 6.45) is 5.66. The van der Waals surface area contributed by atoms with E-state index in [0.717, 1.165) is 36.6 Å². The monoisotopic (exact) mass is 438 g/mol. The first-order chi connectivity index (χ1) is 15.7. The molecule has 0 bridgehead atoms. The first kappa shape index (κ1) is 19.6. The lowest BCUT2D eigenvalue weighted by Gasteiger charge is -2.11. The van der Waals surface area contributed by atoms with Gasteiger partial charge in [-0.3, -0.25) is 9.56 Å². The molecule has 0 spiro atoms. The average molecular weight is 439 g/mol. The van der Waals surface area contributed by atoms with E-state index < -0.39 is 0 Å². The summed E-state index contributed by atoms with van der Waals surface area (Å²) < 4.78 is 2.24. The first-order valence-corrected chi connectivity index (χ1v) is 12.3. The summed E-state index contributed by atoms with van der Waals surface area (Å²) in [5.41, 5.74) is 7.87. The van der Waals surface area contributed by atoms with Gasteiger partial charge in [0.05, 0.1) is 5.71 Å². The SMILES string of the molecule is Cc1nnc2n1-c1sc3c(c1C(c1ccc(CCc4ccccc4)cc1)=NC2C)CCC3. The van der Waals surface area contributed by atoms with Crippen molar-refractivity contribution in [3.8, 4) is 5.00 Å². The van der Waals surface area contributed by atoms with Crippen molar-refractivity contribution < 1.29 is 0 Å². The number of hydrogen-bond acceptors (Lipinski definition) is 4. The van der Waals surface area contributed by atoms with Crippen LogP contribution < -0.4 is 0 Å². The van der Waals surface area contributed by atoms with E-state index in [-0.39, 0.29) is 6.04 Å². The molecule has 0 saturated heterocycles. The number of aromatic nitrogens is 3. The fraction of sp³-hybridized carbons (Fsp3) is 0.296. The number of hydrogen-bond donors (Lipinski definition) is 0. The standard InChI is InChI=1S/C27H26N4S/c1-17-26-30-29-18(2)31(26)27-24(22-9-6-10-23(22)32-27)25(28-17)21-15-13-20(14-16-21)12-11-19-7-4-3-5-8-19/h3-5,7-8,13-17H,6,9-12H2,1-2H3. The molecule has 4 nitrogen and oxygen atoms in total. The molecule has 2 aromatic carbocycles. The Kier molecular flexibility index (Phi) is 4.80. The summed E-state index contributed by atoms with van der Waals surface area (Å²) in [5.74, 6) is 1.89. The zero-order valence-electron chi connectivity index (χ0n) is 18.5. The van der Waals surface area contributed by atoms with Crippen LogP contribution in [-0.2, 0) is 25.7 Å². The Balaban J connectivity index is 1.38. The second-order valence-electron chi connectivity index (χ2n) is 8.81. The Hall–Kier alpha value is -3.05. The van der Waals surface area contributed by atoms with Crippen LogP contribution in [0.25, 0.3) is 5.00 Å². The molecule has 160 valence electrons. The number of nitrogens with zero attached hydrogens (tertiary/aromatic N) is 4. The highest BCUT2D eigenvalue weighted by Gasteiger charge is 2.32. The van der Waals surface area contributed by atoms with Crippen molar-refractivity contribution in [3.63, 3.8) is 0 Å². The Morgan fingerprint density at radius 1 is 0.938 bits per heavy atom. The molecule has 3 heterocycles. The summed E-state index contributed by atoms with van der Waals surface area (Å²) in [6, 6.07) is 19.7. The highest BCUT2D eigenvalue weighted by atomic mass is 32.1. The summed E-state index contributed by atoms with van der Waals surface area (Å²) >= 11 is 1.91. The maximum atomic E-state index is 5.22. The second kappa shape index (κ2) is 7.82. The van der Waals surface area contributed by atoms with Gasteiger partial charge in [0.25, 0.3) is 0 Å². The lowest BCUT2D eigenvalue weighted by Crippen LogP contribution is -2.08. The molecule has 0 fully saturated rings. The molecule has 2 aromatic heterocycles. The molecule has 0 saturated carbocycles. The van der Waals surface area contributed by atoms with Crippen molar-refractivity contribution >= 4 is 17.0 Å². The van der Waals surface area contributed by atoms with Gasteiger partial charge in [-0.2, -0.15) is 0 Å². The van der Waals surface area contributed by atoms with Gasteiger partial charge in [0, 0.05) is 16.0 Å². The van der Waals surface area contributed by atoms with Gasteiger partial charge in [-0.05, 0) is 62.6 Å². The minimum absolute atomic E-state index is 0.0272. The zero-order chi connectivity index (χ0) is 21.7. The summed E-state index contributed by atoms with van der Waals surface area (Å²) in [4.78, 5) is 6.73. The van der Waals surface area contributed by atoms with Crippen LogP contribution in [0, 0.1) is 6.92 Å². The van der Waals surface area contributed by atoms with Gasteiger partial charge in [0.2, 0.25) is 0 Å². The Bertz CT molecular complexity index is 1310. The lowest BCUT2D eigenvalue weighted by atomic mass is 9.97. The Labute approximate surface area is 192 Å². The number of aliphatic imine (C=N–C) groups is 1. The van der Waals surface area contributed by atoms with E-state index in [1.54, 1.807) is 0 Å². The zero-order valence-corrected chi connectivity index (χ0v) is 19.3. The molecule has 32 heavy (non-hydrogen) atoms. The van der Waals surface area contributed by atoms with Crippen molar-refractivity contribution in [3.05, 3.63) is 98.9 Å². The largest absolute Gasteiger partial charge is 0.273 e. The minimum atomic E-state index is -0.0272. The topological polar surface area (TPSA) is 43.1 Å². The van der Waals surface area contributed by atoms with Gasteiger partial charge in [-0.25, -0.2) is 0 Å². The maximum absolute atomic E-state index is 5.22. The molecular weight excluding hydrogens is 412 g/mol. The van der Waals surface area contributed by atoms with E-state index in [2.05, 4.69) is 76.3 Å². The van der Waals surface area contributed by atoms with Crippen LogP contribution in [0.3, 0.4) is 0 Å². The molecule has 5 heteroatoms. The third-order valence-corrected chi connectivity index (χ3v) is 7.94. The van der Waals surface area contributed by atoms with E-state index in [1.807, 2.05) is 18.3 Å². The van der Waals surface area contributed by atoms with Crippen LogP contribution in [0.15, 0.2) is 59.6 Å². The summed E-state index contributed by atoms with van der Waals surface area (Å²) in [5, 5.41) is 10.1. The quantitative estimate of drug-likeness (QED) is 0.403. The van der Waals surface area contributed by atoms with Gasteiger partial charge in [-0.15, -0.1) is 21.5 Å². The molecule has 4 aromatic rings. The van der Waals surface area contributed by atoms with Crippen LogP contribution in [0.5, 0.6) is 0 Å². The number of rotatable bonds is 4. The fourth-order valence-corrected chi connectivity index (χ4v) is 6.44. The predicted molar refractivity (Wildman–Crippen MR) is 130 cm³/mol. The maximum Gasteiger partial charge on any atom is 0.162 e. The normalized spacial score (nSPS) is 16.8. The molecule has 0 N–H and O–H groups in total. The number of benzene rings is 2. The molecule has 0 amide bonds. The molecule has 1 atom stereocenters. The molecule has 0 radical (unpaired) electrons. The van der Waals surface area contributed by atoms with Gasteiger partial charge >= 0.3 is 0 Å². The van der Waals surface area contributed by atoms with E-state index >= 15 is 0 Å². The smallest absolute Gasteiger partial charge is 0.162 e. The third kappa shape index (κ3) is 3.23. The van der Waals surface area contributed by atoms with Crippen molar-refractivity contribution in [2.24, 2.45) is 4.99 Å². The van der Waals surface area contributed by atoms with Gasteiger partial charge < -0.3 is 0 Å². The summed E-state index contributed by atoms with van der Waals surface area (Å²) in [7, 11) is 0. The number of fused-ring (bicyclic) bond motifs is 5. The molecule has 2 aliphatic rings. The summed E-state index contributed by atoms with van der Waals surface area (Å²) in [6.45, 7) is 4.18. The third-order valence-electron chi connectivity index (χ3n) is 6.66. The van der Waals surface area contributed by atoms with E-state index in [0.29, 0.717) is 0 Å². The van der Waals surface area contributed by atoms with Crippen LogP contribution in [0.2, 0.25) is 0 Å². The second-order valence-corrected chi connectivity index (χ2v) is 9.90. The van der Waals surface area contributed by atoms with Gasteiger partial charge in [0.15, 0.2) is 5.82 Å². The van der Waals surface area contributed by atoms with Crippen molar-refractivity contribution in [1.82, 2.24) is 14.8 Å². The van der Waals surface area contributed by atoms with E-state index in [1.165, 1.54) is 50.5 Å². The predicted octanol–water partition coefficient (Wildman–Crippen LogP) is 5.82. The van der Waals surface area contributed by atoms with E-state index in [9.17, 15) is 0 Å². The van der Waals surface area contributed by atoms with Crippen LogP contribution >= 0.6 is 11.3 Å². The Morgan fingerprint density at radius 3 is 2.47 bits per heavy atom. The van der Waals surface area contributed by atoms with Crippen LogP contribution in [-0.4, -0.2) is 20.5 Å². The highest BCUT2D eigenvalue weighted by Crippen LogP contribution is 2.42. The van der Waals surface area contributed by atoms with Crippen molar-refractivity contribution in [2.75, 3.05) is 0 Å². The first-order valence-electron chi connectivity index (χ1n) is 11.5.